The summed E-state index contributed by atoms with van der Waals surface area (Å²) in [6, 6.07) is 3.83. The second-order valence-corrected chi connectivity index (χ2v) is 4.35. The molecule has 94 valence electrons. The molecule has 2 unspecified atom stereocenters. The summed E-state index contributed by atoms with van der Waals surface area (Å²) in [6.45, 7) is 4.53. The van der Waals surface area contributed by atoms with Crippen LogP contribution in [-0.2, 0) is 4.79 Å². The van der Waals surface area contributed by atoms with Crippen molar-refractivity contribution in [2.45, 2.75) is 32.7 Å². The van der Waals surface area contributed by atoms with E-state index in [4.69, 9.17) is 5.73 Å². The summed E-state index contributed by atoms with van der Waals surface area (Å²) in [5.74, 6) is 0.0903. The van der Waals surface area contributed by atoms with Crippen molar-refractivity contribution in [2.24, 2.45) is 11.7 Å². The molecule has 2 atom stereocenters. The van der Waals surface area contributed by atoms with Crippen molar-refractivity contribution in [1.29, 1.82) is 0 Å². The Morgan fingerprint density at radius 3 is 2.88 bits per heavy atom. The third kappa shape index (κ3) is 4.53. The molecule has 0 saturated heterocycles. The molecule has 1 amide bonds. The van der Waals surface area contributed by atoms with Gasteiger partial charge in [-0.3, -0.25) is 9.78 Å². The summed E-state index contributed by atoms with van der Waals surface area (Å²) >= 11 is 0. The van der Waals surface area contributed by atoms with Crippen LogP contribution in [0, 0.1) is 5.92 Å². The van der Waals surface area contributed by atoms with E-state index in [1.807, 2.05) is 26.0 Å². The number of carbonyl (C=O) groups excluding carboxylic acids is 1. The number of aromatic nitrogens is 1. The minimum atomic E-state index is -0.00322. The monoisotopic (exact) mass is 235 g/mol. The average molecular weight is 235 g/mol. The molecule has 1 heterocycles. The lowest BCUT2D eigenvalue weighted by molar-refractivity contribution is -0.125. The Morgan fingerprint density at radius 1 is 1.53 bits per heavy atom. The molecule has 0 aliphatic carbocycles. The molecule has 4 nitrogen and oxygen atoms in total. The molecule has 0 fully saturated rings. The van der Waals surface area contributed by atoms with Crippen LogP contribution in [0.4, 0.5) is 0 Å². The molecule has 1 rings (SSSR count). The highest BCUT2D eigenvalue weighted by molar-refractivity contribution is 5.78. The number of nitrogens with one attached hydrogen (secondary N) is 1. The van der Waals surface area contributed by atoms with Crippen molar-refractivity contribution in [3.63, 3.8) is 0 Å². The molecule has 3 N–H and O–H groups in total. The van der Waals surface area contributed by atoms with Crippen molar-refractivity contribution < 1.29 is 4.79 Å². The minimum absolute atomic E-state index is 0.00322. The van der Waals surface area contributed by atoms with Crippen molar-refractivity contribution in [3.05, 3.63) is 30.1 Å². The van der Waals surface area contributed by atoms with Gasteiger partial charge in [0.1, 0.15) is 0 Å². The first-order chi connectivity index (χ1) is 8.15. The van der Waals surface area contributed by atoms with Crippen molar-refractivity contribution >= 4 is 5.91 Å². The maximum atomic E-state index is 11.9. The molecule has 4 heteroatoms. The Hall–Kier alpha value is -1.42. The molecule has 17 heavy (non-hydrogen) atoms. The number of hydrogen-bond donors (Lipinski definition) is 2. The van der Waals surface area contributed by atoms with Gasteiger partial charge in [-0.2, -0.15) is 0 Å². The zero-order valence-corrected chi connectivity index (χ0v) is 10.5. The maximum Gasteiger partial charge on any atom is 0.223 e. The second kappa shape index (κ2) is 7.01. The van der Waals surface area contributed by atoms with E-state index in [2.05, 4.69) is 10.3 Å². The lowest BCUT2D eigenvalue weighted by Crippen LogP contribution is -2.31. The fourth-order valence-corrected chi connectivity index (χ4v) is 1.63. The average Bonchev–Trinajstić information content (AvgIpc) is 2.36. The quantitative estimate of drug-likeness (QED) is 0.787. The largest absolute Gasteiger partial charge is 0.349 e. The zero-order chi connectivity index (χ0) is 12.7. The van der Waals surface area contributed by atoms with Crippen LogP contribution < -0.4 is 11.1 Å². The van der Waals surface area contributed by atoms with Crippen LogP contribution >= 0.6 is 0 Å². The molecule has 0 saturated carbocycles. The predicted octanol–water partition coefficient (Wildman–Crippen LogP) is 1.63. The number of nitrogens with two attached hydrogens (primary N) is 1. The molecular formula is C13H21N3O. The van der Waals surface area contributed by atoms with Gasteiger partial charge in [0, 0.05) is 18.3 Å². The molecule has 1 aromatic heterocycles. The van der Waals surface area contributed by atoms with Gasteiger partial charge >= 0.3 is 0 Å². The van der Waals surface area contributed by atoms with E-state index >= 15 is 0 Å². The first kappa shape index (κ1) is 13.6. The molecule has 1 aromatic rings. The lowest BCUT2D eigenvalue weighted by atomic mass is 10.0. The minimum Gasteiger partial charge on any atom is -0.349 e. The van der Waals surface area contributed by atoms with Gasteiger partial charge in [-0.1, -0.05) is 13.0 Å². The summed E-state index contributed by atoms with van der Waals surface area (Å²) in [7, 11) is 0. The van der Waals surface area contributed by atoms with Gasteiger partial charge in [0.2, 0.25) is 5.91 Å². The summed E-state index contributed by atoms with van der Waals surface area (Å²) in [5.41, 5.74) is 6.45. The normalized spacial score (nSPS) is 14.1. The number of carbonyl (C=O) groups is 1. The van der Waals surface area contributed by atoms with Crippen molar-refractivity contribution in [1.82, 2.24) is 10.3 Å². The van der Waals surface area contributed by atoms with E-state index in [0.29, 0.717) is 6.54 Å². The van der Waals surface area contributed by atoms with Gasteiger partial charge in [-0.25, -0.2) is 0 Å². The molecule has 0 aromatic carbocycles. The molecule has 0 aliphatic rings. The Kier molecular flexibility index (Phi) is 5.63. The third-order valence-corrected chi connectivity index (χ3v) is 2.83. The van der Waals surface area contributed by atoms with E-state index in [-0.39, 0.29) is 17.9 Å². The number of nitrogens with zero attached hydrogens (tertiary/aromatic N) is 1. The molecule has 0 radical (unpaired) electrons. The van der Waals surface area contributed by atoms with Crippen LogP contribution in [0.5, 0.6) is 0 Å². The second-order valence-electron chi connectivity index (χ2n) is 4.35. The smallest absolute Gasteiger partial charge is 0.223 e. The van der Waals surface area contributed by atoms with E-state index < -0.39 is 0 Å². The highest BCUT2D eigenvalue weighted by Gasteiger charge is 2.15. The highest BCUT2D eigenvalue weighted by atomic mass is 16.1. The van der Waals surface area contributed by atoms with Gasteiger partial charge in [0.15, 0.2) is 0 Å². The Labute approximate surface area is 103 Å². The lowest BCUT2D eigenvalue weighted by Gasteiger charge is -2.17. The molecule has 0 bridgehead atoms. The van der Waals surface area contributed by atoms with Gasteiger partial charge in [-0.15, -0.1) is 0 Å². The van der Waals surface area contributed by atoms with Crippen LogP contribution in [0.25, 0.3) is 0 Å². The Bertz CT molecular complexity index is 340. The van der Waals surface area contributed by atoms with Gasteiger partial charge in [0.25, 0.3) is 0 Å². The SMILES string of the molecule is CC(CCCN)C(=O)NC(C)c1cccnc1. The number of amides is 1. The molecule has 0 spiro atoms. The van der Waals surface area contributed by atoms with Gasteiger partial charge < -0.3 is 11.1 Å². The summed E-state index contributed by atoms with van der Waals surface area (Å²) in [5, 5.41) is 2.99. The third-order valence-electron chi connectivity index (χ3n) is 2.83. The van der Waals surface area contributed by atoms with Crippen LogP contribution in [0.3, 0.4) is 0 Å². The van der Waals surface area contributed by atoms with Gasteiger partial charge in [0.05, 0.1) is 6.04 Å². The fourth-order valence-electron chi connectivity index (χ4n) is 1.63. The summed E-state index contributed by atoms with van der Waals surface area (Å²) in [4.78, 5) is 15.9. The van der Waals surface area contributed by atoms with E-state index in [1.54, 1.807) is 12.4 Å². The Balaban J connectivity index is 2.46. The van der Waals surface area contributed by atoms with Crippen LogP contribution in [0.15, 0.2) is 24.5 Å². The standard InChI is InChI=1S/C13H21N3O/c1-10(5-3-7-14)13(17)16-11(2)12-6-4-8-15-9-12/h4,6,8-11H,3,5,7,14H2,1-2H3,(H,16,17). The van der Waals surface area contributed by atoms with E-state index in [1.165, 1.54) is 0 Å². The fraction of sp³-hybridized carbons (Fsp3) is 0.538. The summed E-state index contributed by atoms with van der Waals surface area (Å²) < 4.78 is 0. The first-order valence-corrected chi connectivity index (χ1v) is 6.05. The van der Waals surface area contributed by atoms with Crippen LogP contribution in [-0.4, -0.2) is 17.4 Å². The number of hydrogen-bond acceptors (Lipinski definition) is 3. The van der Waals surface area contributed by atoms with Crippen LogP contribution in [0.2, 0.25) is 0 Å². The Morgan fingerprint density at radius 2 is 2.29 bits per heavy atom. The molecular weight excluding hydrogens is 214 g/mol. The van der Waals surface area contributed by atoms with Gasteiger partial charge in [-0.05, 0) is 37.9 Å². The molecule has 0 aliphatic heterocycles. The zero-order valence-electron chi connectivity index (χ0n) is 10.5. The number of rotatable bonds is 6. The van der Waals surface area contributed by atoms with E-state index in [0.717, 1.165) is 18.4 Å². The summed E-state index contributed by atoms with van der Waals surface area (Å²) in [6.07, 6.45) is 5.22. The predicted molar refractivity (Wildman–Crippen MR) is 68.2 cm³/mol. The first-order valence-electron chi connectivity index (χ1n) is 6.05. The maximum absolute atomic E-state index is 11.9. The number of pyridine rings is 1. The van der Waals surface area contributed by atoms with Crippen molar-refractivity contribution in [2.75, 3.05) is 6.54 Å². The highest BCUT2D eigenvalue weighted by Crippen LogP contribution is 2.12. The van der Waals surface area contributed by atoms with Crippen LogP contribution in [0.1, 0.15) is 38.3 Å². The van der Waals surface area contributed by atoms with E-state index in [9.17, 15) is 4.79 Å². The topological polar surface area (TPSA) is 68.0 Å². The van der Waals surface area contributed by atoms with Crippen molar-refractivity contribution in [3.8, 4) is 0 Å².